The lowest BCUT2D eigenvalue weighted by molar-refractivity contribution is -0.198. The summed E-state index contributed by atoms with van der Waals surface area (Å²) in [5, 5.41) is 1.46. The summed E-state index contributed by atoms with van der Waals surface area (Å²) in [5.74, 6) is -1.78. The first-order valence-corrected chi connectivity index (χ1v) is 9.24. The zero-order valence-electron chi connectivity index (χ0n) is 14.0. The Morgan fingerprint density at radius 3 is 2.36 bits per heavy atom. The Kier molecular flexibility index (Phi) is 4.85. The molecule has 0 unspecified atom stereocenters. The molecule has 1 aliphatic rings. The number of alkyl halides is 3. The summed E-state index contributed by atoms with van der Waals surface area (Å²) in [4.78, 5) is 28.2. The van der Waals surface area contributed by atoms with Crippen LogP contribution in [0, 0.1) is 0 Å². The van der Waals surface area contributed by atoms with Gasteiger partial charge in [-0.15, -0.1) is 0 Å². The molecule has 0 bridgehead atoms. The number of benzene rings is 1. The fourth-order valence-electron chi connectivity index (χ4n) is 2.57. The van der Waals surface area contributed by atoms with Crippen molar-refractivity contribution in [1.29, 1.82) is 0 Å². The molecule has 28 heavy (non-hydrogen) atoms. The highest BCUT2D eigenvalue weighted by Gasteiger charge is 2.69. The molecular weight excluding hydrogens is 401 g/mol. The van der Waals surface area contributed by atoms with Gasteiger partial charge in [-0.25, -0.2) is 13.2 Å². The zero-order valence-corrected chi connectivity index (χ0v) is 14.8. The topological polar surface area (TPSA) is 108 Å². The van der Waals surface area contributed by atoms with E-state index in [1.165, 1.54) is 52.8 Å². The molecule has 2 aromatic rings. The molecule has 8 nitrogen and oxygen atoms in total. The van der Waals surface area contributed by atoms with E-state index in [0.29, 0.717) is 0 Å². The van der Waals surface area contributed by atoms with Crippen molar-refractivity contribution < 1.29 is 31.2 Å². The van der Waals surface area contributed by atoms with Crippen molar-refractivity contribution in [1.82, 2.24) is 19.9 Å². The quantitative estimate of drug-likeness (QED) is 0.719. The van der Waals surface area contributed by atoms with Gasteiger partial charge in [0.15, 0.2) is 0 Å². The lowest BCUT2D eigenvalue weighted by atomic mass is 10.1. The van der Waals surface area contributed by atoms with Crippen molar-refractivity contribution in [3.8, 4) is 0 Å². The van der Waals surface area contributed by atoms with E-state index in [0.717, 1.165) is 12.1 Å². The lowest BCUT2D eigenvalue weighted by Gasteiger charge is -2.29. The van der Waals surface area contributed by atoms with E-state index in [1.807, 2.05) is 0 Å². The van der Waals surface area contributed by atoms with E-state index in [4.69, 9.17) is 0 Å². The minimum absolute atomic E-state index is 0.276. The maximum atomic E-state index is 13.8. The number of carbonyl (C=O) groups excluding carboxylic acids is 2. The van der Waals surface area contributed by atoms with Crippen LogP contribution in [0.15, 0.2) is 59.8 Å². The van der Waals surface area contributed by atoms with Crippen molar-refractivity contribution in [3.05, 3.63) is 60.4 Å². The van der Waals surface area contributed by atoms with Gasteiger partial charge in [0.05, 0.1) is 11.4 Å². The molecular formula is C16H13F3N4O4S. The minimum atomic E-state index is -5.44. The van der Waals surface area contributed by atoms with Crippen LogP contribution in [0.25, 0.3) is 0 Å². The largest absolute Gasteiger partial charge is 0.435 e. The Hall–Kier alpha value is -2.99. The average molecular weight is 414 g/mol. The summed E-state index contributed by atoms with van der Waals surface area (Å²) in [6.07, 6.45) is -2.77. The minimum Gasteiger partial charge on any atom is -0.303 e. The Morgan fingerprint density at radius 1 is 1.11 bits per heavy atom. The van der Waals surface area contributed by atoms with Crippen molar-refractivity contribution in [2.24, 2.45) is 0 Å². The summed E-state index contributed by atoms with van der Waals surface area (Å²) in [6, 6.07) is 7.73. The smallest absolute Gasteiger partial charge is 0.303 e. The van der Waals surface area contributed by atoms with Gasteiger partial charge >= 0.3 is 12.2 Å². The first kappa shape index (κ1) is 19.8. The number of hydrogen-bond donors (Lipinski definition) is 2. The molecule has 0 saturated carbocycles. The fraction of sp³-hybridized carbons (Fsp3) is 0.188. The lowest BCUT2D eigenvalue weighted by Crippen LogP contribution is -2.69. The molecule has 1 aliphatic heterocycles. The maximum absolute atomic E-state index is 13.8. The first-order chi connectivity index (χ1) is 13.1. The highest BCUT2D eigenvalue weighted by atomic mass is 32.2. The average Bonchev–Trinajstić information content (AvgIpc) is 2.88. The monoisotopic (exact) mass is 414 g/mol. The standard InChI is InChI=1S/C16H13F3N4O4S/c17-16(18,19)15(22-28(26,27)12-6-2-1-3-7-12)13(24)23(14(25)21-15)10-11-5-4-8-20-9-11/h1-9,22H,10H2,(H,21,25)/t15-/m1/s1. The van der Waals surface area contributed by atoms with Crippen LogP contribution >= 0.6 is 0 Å². The van der Waals surface area contributed by atoms with Gasteiger partial charge in [-0.05, 0) is 23.8 Å². The number of nitrogens with zero attached hydrogens (tertiary/aromatic N) is 2. The number of carbonyl (C=O) groups is 2. The van der Waals surface area contributed by atoms with Crippen molar-refractivity contribution in [2.45, 2.75) is 23.3 Å². The number of aromatic nitrogens is 1. The van der Waals surface area contributed by atoms with Crippen LogP contribution in [-0.2, 0) is 21.4 Å². The van der Waals surface area contributed by atoms with Gasteiger partial charge < -0.3 is 5.32 Å². The van der Waals surface area contributed by atoms with Crippen LogP contribution in [-0.4, -0.2) is 42.1 Å². The Bertz CT molecular complexity index is 1000. The van der Waals surface area contributed by atoms with Gasteiger partial charge in [0.25, 0.3) is 11.6 Å². The van der Waals surface area contributed by atoms with Crippen molar-refractivity contribution >= 4 is 22.0 Å². The van der Waals surface area contributed by atoms with Crippen molar-refractivity contribution in [2.75, 3.05) is 0 Å². The number of nitrogens with one attached hydrogen (secondary N) is 2. The molecule has 1 atom stereocenters. The van der Waals surface area contributed by atoms with Crippen LogP contribution in [0.1, 0.15) is 5.56 Å². The van der Waals surface area contributed by atoms with Gasteiger partial charge in [-0.3, -0.25) is 14.7 Å². The van der Waals surface area contributed by atoms with Gasteiger partial charge in [0, 0.05) is 12.4 Å². The summed E-state index contributed by atoms with van der Waals surface area (Å²) in [5.41, 5.74) is -3.53. The number of hydrogen-bond acceptors (Lipinski definition) is 5. The summed E-state index contributed by atoms with van der Waals surface area (Å²) in [6.45, 7) is -0.511. The number of pyridine rings is 1. The second-order valence-electron chi connectivity index (χ2n) is 5.85. The number of halogens is 3. The molecule has 1 fully saturated rings. The van der Waals surface area contributed by atoms with E-state index in [1.54, 1.807) is 0 Å². The number of urea groups is 1. The first-order valence-electron chi connectivity index (χ1n) is 7.75. The third kappa shape index (κ3) is 3.43. The molecule has 1 aromatic heterocycles. The Labute approximate surface area is 157 Å². The van der Waals surface area contributed by atoms with E-state index >= 15 is 0 Å². The molecule has 2 heterocycles. The molecule has 2 N–H and O–H groups in total. The predicted octanol–water partition coefficient (Wildman–Crippen LogP) is 1.37. The van der Waals surface area contributed by atoms with Gasteiger partial charge in [0.2, 0.25) is 10.0 Å². The fourth-order valence-corrected chi connectivity index (χ4v) is 3.86. The Balaban J connectivity index is 1.99. The van der Waals surface area contributed by atoms with Crippen LogP contribution in [0.3, 0.4) is 0 Å². The second-order valence-corrected chi connectivity index (χ2v) is 7.53. The van der Waals surface area contributed by atoms with Gasteiger partial charge in [-0.2, -0.15) is 17.9 Å². The number of sulfonamides is 1. The molecule has 3 rings (SSSR count). The Morgan fingerprint density at radius 2 is 1.79 bits per heavy atom. The third-order valence-corrected chi connectivity index (χ3v) is 5.40. The number of rotatable bonds is 5. The van der Waals surface area contributed by atoms with Gasteiger partial charge in [0.1, 0.15) is 0 Å². The van der Waals surface area contributed by atoms with E-state index in [-0.39, 0.29) is 10.5 Å². The molecule has 0 aliphatic carbocycles. The van der Waals surface area contributed by atoms with Crippen LogP contribution < -0.4 is 10.0 Å². The highest BCUT2D eigenvalue weighted by molar-refractivity contribution is 7.89. The van der Waals surface area contributed by atoms with Crippen LogP contribution in [0.4, 0.5) is 18.0 Å². The van der Waals surface area contributed by atoms with E-state index in [9.17, 15) is 31.2 Å². The molecule has 0 radical (unpaired) electrons. The second kappa shape index (κ2) is 6.87. The molecule has 3 amide bonds. The number of imide groups is 1. The maximum Gasteiger partial charge on any atom is 0.435 e. The van der Waals surface area contributed by atoms with Crippen LogP contribution in [0.5, 0.6) is 0 Å². The molecule has 1 saturated heterocycles. The summed E-state index contributed by atoms with van der Waals surface area (Å²) < 4.78 is 67.5. The predicted molar refractivity (Wildman–Crippen MR) is 88.9 cm³/mol. The molecule has 148 valence electrons. The highest BCUT2D eigenvalue weighted by Crippen LogP contribution is 2.35. The third-order valence-electron chi connectivity index (χ3n) is 3.94. The zero-order chi connectivity index (χ0) is 20.6. The van der Waals surface area contributed by atoms with E-state index in [2.05, 4.69) is 4.98 Å². The van der Waals surface area contributed by atoms with Crippen LogP contribution in [0.2, 0.25) is 0 Å². The SMILES string of the molecule is O=C1N[C@](NS(=O)(=O)c2ccccc2)(C(F)(F)F)C(=O)N1Cc1cccnc1. The summed E-state index contributed by atoms with van der Waals surface area (Å²) >= 11 is 0. The van der Waals surface area contributed by atoms with E-state index < -0.39 is 45.2 Å². The molecule has 0 spiro atoms. The van der Waals surface area contributed by atoms with Crippen molar-refractivity contribution in [3.63, 3.8) is 0 Å². The molecule has 1 aromatic carbocycles. The normalized spacial score (nSPS) is 20.3. The molecule has 12 heteroatoms. The number of amides is 3. The van der Waals surface area contributed by atoms with Gasteiger partial charge in [-0.1, -0.05) is 24.3 Å². The summed E-state index contributed by atoms with van der Waals surface area (Å²) in [7, 11) is -4.78.